The van der Waals surface area contributed by atoms with E-state index in [2.05, 4.69) is 44.1 Å². The van der Waals surface area contributed by atoms with Crippen molar-refractivity contribution in [2.24, 2.45) is 11.7 Å². The van der Waals surface area contributed by atoms with Crippen LogP contribution in [0.15, 0.2) is 11.4 Å². The van der Waals surface area contributed by atoms with Crippen LogP contribution in [0.25, 0.3) is 0 Å². The molecule has 0 fully saturated rings. The summed E-state index contributed by atoms with van der Waals surface area (Å²) >= 11 is 1.72. The normalized spacial score (nSPS) is 12.4. The maximum Gasteiger partial charge on any atom is 0.0691 e. The molecule has 0 aliphatic carbocycles. The summed E-state index contributed by atoms with van der Waals surface area (Å²) in [5, 5.41) is 2.06. The molecule has 1 aromatic rings. The Morgan fingerprint density at radius 2 is 2.15 bits per heavy atom. The van der Waals surface area contributed by atoms with Gasteiger partial charge >= 0.3 is 0 Å². The predicted molar refractivity (Wildman–Crippen MR) is 58.7 cm³/mol. The summed E-state index contributed by atoms with van der Waals surface area (Å²) in [6.07, 6.45) is 0. The summed E-state index contributed by atoms with van der Waals surface area (Å²) in [6.45, 7) is 6.24. The van der Waals surface area contributed by atoms with Gasteiger partial charge in [-0.15, -0.1) is 11.3 Å². The lowest BCUT2D eigenvalue weighted by molar-refractivity contribution is 0.584. The Morgan fingerprint density at radius 3 is 2.62 bits per heavy atom. The second-order valence-electron chi connectivity index (χ2n) is 3.49. The zero-order valence-electron chi connectivity index (χ0n) is 8.29. The van der Waals surface area contributed by atoms with E-state index in [9.17, 15) is 0 Å². The van der Waals surface area contributed by atoms with Crippen molar-refractivity contribution >= 4 is 11.3 Å². The molecule has 2 heteroatoms. The second-order valence-corrected chi connectivity index (χ2v) is 4.60. The van der Waals surface area contributed by atoms with Crippen LogP contribution in [0.1, 0.15) is 24.3 Å². The van der Waals surface area contributed by atoms with E-state index >= 15 is 0 Å². The lowest BCUT2D eigenvalue weighted by atomic mass is 10.1. The van der Waals surface area contributed by atoms with Crippen molar-refractivity contribution in [3.05, 3.63) is 21.9 Å². The van der Waals surface area contributed by atoms with Gasteiger partial charge in [0.15, 0.2) is 0 Å². The Morgan fingerprint density at radius 1 is 1.46 bits per heavy atom. The molecule has 70 valence electrons. The van der Waals surface area contributed by atoms with Crippen LogP contribution >= 0.6 is 11.3 Å². The number of rotatable bonds is 1. The van der Waals surface area contributed by atoms with E-state index in [1.54, 1.807) is 11.3 Å². The first-order chi connectivity index (χ1) is 6.09. The zero-order chi connectivity index (χ0) is 9.84. The molecule has 0 radical (unpaired) electrons. The molecule has 0 aliphatic heterocycles. The predicted octanol–water partition coefficient (Wildman–Crippen LogP) is 2.39. The minimum absolute atomic E-state index is 0.0137. The molecule has 0 aromatic carbocycles. The highest BCUT2D eigenvalue weighted by Gasteiger charge is 2.01. The van der Waals surface area contributed by atoms with E-state index in [4.69, 9.17) is 5.73 Å². The smallest absolute Gasteiger partial charge is 0.0691 e. The Bertz CT molecular complexity index is 327. The molecule has 1 unspecified atom stereocenters. The second kappa shape index (κ2) is 4.45. The number of thiophene rings is 1. The molecular weight excluding hydrogens is 178 g/mol. The van der Waals surface area contributed by atoms with Crippen LogP contribution in [0.3, 0.4) is 0 Å². The molecule has 0 spiro atoms. The van der Waals surface area contributed by atoms with Crippen LogP contribution in [-0.2, 0) is 0 Å². The third-order valence-corrected chi connectivity index (χ3v) is 2.69. The van der Waals surface area contributed by atoms with Crippen LogP contribution < -0.4 is 5.73 Å². The summed E-state index contributed by atoms with van der Waals surface area (Å²) in [5.41, 5.74) is 6.88. The van der Waals surface area contributed by atoms with Crippen LogP contribution in [0.4, 0.5) is 0 Å². The number of hydrogen-bond acceptors (Lipinski definition) is 2. The van der Waals surface area contributed by atoms with Gasteiger partial charge in [0.05, 0.1) is 6.04 Å². The topological polar surface area (TPSA) is 26.0 Å². The highest BCUT2D eigenvalue weighted by molar-refractivity contribution is 7.10. The van der Waals surface area contributed by atoms with Gasteiger partial charge in [-0.25, -0.2) is 0 Å². The van der Waals surface area contributed by atoms with Gasteiger partial charge in [0.25, 0.3) is 0 Å². The van der Waals surface area contributed by atoms with Gasteiger partial charge in [-0.05, 0) is 18.9 Å². The van der Waals surface area contributed by atoms with Gasteiger partial charge in [-0.3, -0.25) is 0 Å². The van der Waals surface area contributed by atoms with E-state index in [1.165, 1.54) is 4.88 Å². The Labute approximate surface area is 84.0 Å². The molecule has 1 aromatic heterocycles. The molecule has 0 bridgehead atoms. The van der Waals surface area contributed by atoms with Crippen molar-refractivity contribution < 1.29 is 0 Å². The highest BCUT2D eigenvalue weighted by atomic mass is 32.1. The van der Waals surface area contributed by atoms with Crippen molar-refractivity contribution in [2.45, 2.75) is 26.8 Å². The third-order valence-electron chi connectivity index (χ3n) is 1.83. The number of nitrogens with two attached hydrogens (primary N) is 1. The van der Waals surface area contributed by atoms with Gasteiger partial charge in [0.2, 0.25) is 0 Å². The zero-order valence-corrected chi connectivity index (χ0v) is 9.11. The average Bonchev–Trinajstić information content (AvgIpc) is 2.47. The van der Waals surface area contributed by atoms with Gasteiger partial charge in [0.1, 0.15) is 0 Å². The molecular formula is C11H15NS. The molecule has 1 heterocycles. The van der Waals surface area contributed by atoms with E-state index in [0.29, 0.717) is 5.92 Å². The van der Waals surface area contributed by atoms with Crippen LogP contribution in [0.2, 0.25) is 0 Å². The number of hydrogen-bond donors (Lipinski definition) is 1. The van der Waals surface area contributed by atoms with Gasteiger partial charge in [-0.2, -0.15) is 0 Å². The molecule has 1 rings (SSSR count). The summed E-state index contributed by atoms with van der Waals surface area (Å²) in [4.78, 5) is 1.29. The first kappa shape index (κ1) is 10.3. The first-order valence-corrected chi connectivity index (χ1v) is 5.30. The molecule has 0 amide bonds. The van der Waals surface area contributed by atoms with Gasteiger partial charge < -0.3 is 5.73 Å². The lowest BCUT2D eigenvalue weighted by Crippen LogP contribution is -2.23. The van der Waals surface area contributed by atoms with E-state index in [-0.39, 0.29) is 6.04 Å². The number of aryl methyl sites for hydroxylation is 1. The van der Waals surface area contributed by atoms with E-state index < -0.39 is 0 Å². The third kappa shape index (κ3) is 3.22. The average molecular weight is 193 g/mol. The fraction of sp³-hybridized carbons (Fsp3) is 0.455. The fourth-order valence-electron chi connectivity index (χ4n) is 0.842. The molecule has 13 heavy (non-hydrogen) atoms. The van der Waals surface area contributed by atoms with Crippen molar-refractivity contribution in [1.82, 2.24) is 0 Å². The largest absolute Gasteiger partial charge is 0.317 e. The standard InChI is InChI=1S/C11H15NS/c1-8(2)11(12)5-4-10-6-9(3)13-7-10/h6-8,11H,12H2,1-3H3. The molecule has 0 saturated heterocycles. The van der Waals surface area contributed by atoms with Crippen LogP contribution in [0.5, 0.6) is 0 Å². The van der Waals surface area contributed by atoms with Crippen LogP contribution in [0, 0.1) is 24.7 Å². The highest BCUT2D eigenvalue weighted by Crippen LogP contribution is 2.11. The monoisotopic (exact) mass is 193 g/mol. The molecule has 0 aliphatic rings. The first-order valence-electron chi connectivity index (χ1n) is 4.42. The van der Waals surface area contributed by atoms with Crippen molar-refractivity contribution in [3.63, 3.8) is 0 Å². The van der Waals surface area contributed by atoms with Crippen molar-refractivity contribution in [3.8, 4) is 11.8 Å². The summed E-state index contributed by atoms with van der Waals surface area (Å²) in [7, 11) is 0. The van der Waals surface area contributed by atoms with Crippen LogP contribution in [-0.4, -0.2) is 6.04 Å². The fourth-order valence-corrected chi connectivity index (χ4v) is 1.48. The maximum absolute atomic E-state index is 5.80. The summed E-state index contributed by atoms with van der Waals surface area (Å²) < 4.78 is 0. The van der Waals surface area contributed by atoms with Crippen molar-refractivity contribution in [1.29, 1.82) is 0 Å². The molecule has 1 atom stereocenters. The van der Waals surface area contributed by atoms with Gasteiger partial charge in [0, 0.05) is 15.8 Å². The minimum Gasteiger partial charge on any atom is -0.317 e. The van der Waals surface area contributed by atoms with E-state index in [0.717, 1.165) is 5.56 Å². The van der Waals surface area contributed by atoms with Crippen molar-refractivity contribution in [2.75, 3.05) is 0 Å². The SMILES string of the molecule is Cc1cc(C#CC(N)C(C)C)cs1. The quantitative estimate of drug-likeness (QED) is 0.681. The minimum atomic E-state index is -0.0137. The Hall–Kier alpha value is -0.780. The molecule has 0 saturated carbocycles. The maximum atomic E-state index is 5.80. The molecule has 2 N–H and O–H groups in total. The van der Waals surface area contributed by atoms with Gasteiger partial charge in [-0.1, -0.05) is 25.7 Å². The van der Waals surface area contributed by atoms with E-state index in [1.807, 2.05) is 0 Å². The molecule has 1 nitrogen and oxygen atoms in total. The summed E-state index contributed by atoms with van der Waals surface area (Å²) in [6, 6.07) is 2.07. The lowest BCUT2D eigenvalue weighted by Gasteiger charge is -2.06. The Kier molecular flexibility index (Phi) is 3.53. The summed E-state index contributed by atoms with van der Waals surface area (Å²) in [5.74, 6) is 6.55. The Balaban J connectivity index is 2.67.